The number of rotatable bonds is 8. The van der Waals surface area contributed by atoms with Crippen molar-refractivity contribution in [3.8, 4) is 11.1 Å². The van der Waals surface area contributed by atoms with E-state index in [2.05, 4.69) is 27.5 Å². The predicted molar refractivity (Wildman–Crippen MR) is 142 cm³/mol. The van der Waals surface area contributed by atoms with Gasteiger partial charge in [-0.2, -0.15) is 0 Å². The third-order valence-corrected chi connectivity index (χ3v) is 6.83. The summed E-state index contributed by atoms with van der Waals surface area (Å²) in [6.07, 6.45) is 6.71. The van der Waals surface area contributed by atoms with Crippen molar-refractivity contribution in [2.75, 3.05) is 45.9 Å². The summed E-state index contributed by atoms with van der Waals surface area (Å²) in [6, 6.07) is 9.39. The van der Waals surface area contributed by atoms with Gasteiger partial charge in [0.1, 0.15) is 6.10 Å². The second-order valence-electron chi connectivity index (χ2n) is 9.32. The summed E-state index contributed by atoms with van der Waals surface area (Å²) < 4.78 is 13.0. The molecule has 1 amide bonds. The summed E-state index contributed by atoms with van der Waals surface area (Å²) in [4.78, 5) is 30.1. The van der Waals surface area contributed by atoms with Gasteiger partial charge in [-0.05, 0) is 37.1 Å². The molecule has 5 rings (SSSR count). The molecule has 3 N–H and O–H groups in total. The van der Waals surface area contributed by atoms with E-state index < -0.39 is 0 Å². The van der Waals surface area contributed by atoms with Gasteiger partial charge in [0.05, 0.1) is 30.5 Å². The molecule has 3 aromatic rings. The SMILES string of the molecule is C=CC(=O)n1cc(-c2ccc(C3CNCCO3)nc2)c2ccc(C(=O)NCCCC3CNCCO3)cc21. The number of hydrogen-bond donors (Lipinski definition) is 3. The molecule has 2 aromatic heterocycles. The third-order valence-electron chi connectivity index (χ3n) is 6.83. The van der Waals surface area contributed by atoms with Gasteiger partial charge in [-0.3, -0.25) is 19.1 Å². The highest BCUT2D eigenvalue weighted by Gasteiger charge is 2.19. The van der Waals surface area contributed by atoms with Crippen molar-refractivity contribution >= 4 is 22.7 Å². The molecule has 0 saturated carbocycles. The Morgan fingerprint density at radius 1 is 1.14 bits per heavy atom. The quantitative estimate of drug-likeness (QED) is 0.321. The Morgan fingerprint density at radius 2 is 1.97 bits per heavy atom. The Morgan fingerprint density at radius 3 is 2.68 bits per heavy atom. The first-order chi connectivity index (χ1) is 18.1. The molecule has 4 heterocycles. The minimum atomic E-state index is -0.263. The van der Waals surface area contributed by atoms with E-state index in [1.165, 1.54) is 10.6 Å². The number of fused-ring (bicyclic) bond motifs is 1. The normalized spacial score (nSPS) is 20.0. The molecule has 0 radical (unpaired) electrons. The van der Waals surface area contributed by atoms with E-state index in [0.29, 0.717) is 24.2 Å². The molecule has 37 heavy (non-hydrogen) atoms. The van der Waals surface area contributed by atoms with Crippen LogP contribution in [0.5, 0.6) is 0 Å². The Bertz CT molecular complexity index is 1260. The Balaban J connectivity index is 1.33. The van der Waals surface area contributed by atoms with Gasteiger partial charge < -0.3 is 25.4 Å². The average Bonchev–Trinajstić information content (AvgIpc) is 3.35. The number of hydrogen-bond acceptors (Lipinski definition) is 7. The summed E-state index contributed by atoms with van der Waals surface area (Å²) in [5.41, 5.74) is 3.76. The Labute approximate surface area is 216 Å². The second-order valence-corrected chi connectivity index (χ2v) is 9.32. The van der Waals surface area contributed by atoms with E-state index in [1.807, 2.05) is 18.2 Å². The fourth-order valence-corrected chi connectivity index (χ4v) is 4.83. The van der Waals surface area contributed by atoms with Crippen LogP contribution in [-0.2, 0) is 9.47 Å². The van der Waals surface area contributed by atoms with Crippen molar-refractivity contribution < 1.29 is 19.1 Å². The number of carbonyl (C=O) groups excluding carboxylic acids is 2. The summed E-state index contributed by atoms with van der Waals surface area (Å²) >= 11 is 0. The summed E-state index contributed by atoms with van der Waals surface area (Å²) in [7, 11) is 0. The maximum absolute atomic E-state index is 12.9. The number of morpholine rings is 2. The van der Waals surface area contributed by atoms with Crippen LogP contribution in [0.15, 0.2) is 55.4 Å². The van der Waals surface area contributed by atoms with Gasteiger partial charge in [0, 0.05) is 67.2 Å². The number of carbonyl (C=O) groups is 2. The zero-order valence-electron chi connectivity index (χ0n) is 20.9. The lowest BCUT2D eigenvalue weighted by atomic mass is 10.0. The standard InChI is InChI=1S/C28H33N5O4/c1-2-27(34)33-18-23(20-6-8-24(32-15-20)26-17-30-11-13-37-26)22-7-5-19(14-25(22)33)28(35)31-9-3-4-21-16-29-10-12-36-21/h2,5-8,14-15,18,21,26,29-30H,1,3-4,9-13,16-17H2,(H,31,35). The van der Waals surface area contributed by atoms with Crippen molar-refractivity contribution in [3.05, 3.63) is 66.6 Å². The molecule has 9 nitrogen and oxygen atoms in total. The van der Waals surface area contributed by atoms with Crippen LogP contribution in [0.4, 0.5) is 0 Å². The smallest absolute Gasteiger partial charge is 0.254 e. The van der Waals surface area contributed by atoms with Crippen LogP contribution < -0.4 is 16.0 Å². The van der Waals surface area contributed by atoms with Crippen LogP contribution >= 0.6 is 0 Å². The molecule has 2 saturated heterocycles. The first-order valence-electron chi connectivity index (χ1n) is 12.8. The molecule has 2 aliphatic heterocycles. The van der Waals surface area contributed by atoms with Crippen LogP contribution in [0.3, 0.4) is 0 Å². The van der Waals surface area contributed by atoms with Crippen molar-refractivity contribution in [3.63, 3.8) is 0 Å². The maximum Gasteiger partial charge on any atom is 0.254 e. The van der Waals surface area contributed by atoms with Gasteiger partial charge in [-0.25, -0.2) is 0 Å². The number of benzene rings is 1. The number of allylic oxidation sites excluding steroid dienone is 1. The molecule has 2 fully saturated rings. The Hall–Kier alpha value is -3.37. The average molecular weight is 504 g/mol. The Kier molecular flexibility index (Phi) is 8.05. The highest BCUT2D eigenvalue weighted by Crippen LogP contribution is 2.32. The van der Waals surface area contributed by atoms with Crippen molar-refractivity contribution in [1.82, 2.24) is 25.5 Å². The lowest BCUT2D eigenvalue weighted by Gasteiger charge is -2.23. The number of aromatic nitrogens is 2. The predicted octanol–water partition coefficient (Wildman–Crippen LogP) is 2.69. The van der Waals surface area contributed by atoms with Gasteiger partial charge in [-0.1, -0.05) is 18.7 Å². The number of amides is 1. The fraction of sp³-hybridized carbons (Fsp3) is 0.393. The number of pyridine rings is 1. The summed E-state index contributed by atoms with van der Waals surface area (Å²) in [6.45, 7) is 8.91. The van der Waals surface area contributed by atoms with E-state index >= 15 is 0 Å². The molecule has 2 unspecified atom stereocenters. The number of nitrogens with zero attached hydrogens (tertiary/aromatic N) is 2. The highest BCUT2D eigenvalue weighted by molar-refractivity contribution is 6.07. The van der Waals surface area contributed by atoms with Crippen LogP contribution in [-0.4, -0.2) is 73.4 Å². The lowest BCUT2D eigenvalue weighted by Crippen LogP contribution is -2.38. The van der Waals surface area contributed by atoms with Gasteiger partial charge >= 0.3 is 0 Å². The molecular formula is C28H33N5O4. The largest absolute Gasteiger partial charge is 0.376 e. The van der Waals surface area contributed by atoms with Gasteiger partial charge in [0.15, 0.2) is 0 Å². The maximum atomic E-state index is 12.9. The van der Waals surface area contributed by atoms with Crippen LogP contribution in [0, 0.1) is 0 Å². The highest BCUT2D eigenvalue weighted by atomic mass is 16.5. The van der Waals surface area contributed by atoms with E-state index in [9.17, 15) is 9.59 Å². The van der Waals surface area contributed by atoms with Crippen LogP contribution in [0.25, 0.3) is 22.0 Å². The molecule has 0 aliphatic carbocycles. The van der Waals surface area contributed by atoms with Gasteiger partial charge in [0.25, 0.3) is 11.8 Å². The lowest BCUT2D eigenvalue weighted by molar-refractivity contribution is 0.0225. The van der Waals surface area contributed by atoms with Crippen LogP contribution in [0.2, 0.25) is 0 Å². The fourth-order valence-electron chi connectivity index (χ4n) is 4.83. The molecule has 2 atom stereocenters. The zero-order chi connectivity index (χ0) is 25.6. The van der Waals surface area contributed by atoms with E-state index in [4.69, 9.17) is 9.47 Å². The number of nitrogens with one attached hydrogen (secondary N) is 3. The van der Waals surface area contributed by atoms with Crippen molar-refractivity contribution in [1.29, 1.82) is 0 Å². The third kappa shape index (κ3) is 5.80. The number of ether oxygens (including phenoxy) is 2. The van der Waals surface area contributed by atoms with Crippen LogP contribution in [0.1, 0.15) is 39.8 Å². The van der Waals surface area contributed by atoms with Gasteiger partial charge in [0.2, 0.25) is 0 Å². The molecule has 194 valence electrons. The first kappa shape index (κ1) is 25.3. The molecule has 0 bridgehead atoms. The molecule has 9 heteroatoms. The molecular weight excluding hydrogens is 470 g/mol. The molecule has 1 aromatic carbocycles. The van der Waals surface area contributed by atoms with Crippen molar-refractivity contribution in [2.24, 2.45) is 0 Å². The topological polar surface area (TPSA) is 107 Å². The zero-order valence-corrected chi connectivity index (χ0v) is 20.9. The minimum Gasteiger partial charge on any atom is -0.376 e. The first-order valence-corrected chi connectivity index (χ1v) is 12.8. The van der Waals surface area contributed by atoms with Gasteiger partial charge in [-0.15, -0.1) is 0 Å². The van der Waals surface area contributed by atoms with Crippen molar-refractivity contribution in [2.45, 2.75) is 25.0 Å². The molecule has 2 aliphatic rings. The van der Waals surface area contributed by atoms with E-state index in [0.717, 1.165) is 67.8 Å². The minimum absolute atomic E-state index is 0.0700. The second kappa shape index (κ2) is 11.8. The summed E-state index contributed by atoms with van der Waals surface area (Å²) in [5.74, 6) is -0.432. The summed E-state index contributed by atoms with van der Waals surface area (Å²) in [5, 5.41) is 10.5. The van der Waals surface area contributed by atoms with E-state index in [1.54, 1.807) is 24.5 Å². The molecule has 0 spiro atoms. The van der Waals surface area contributed by atoms with E-state index in [-0.39, 0.29) is 24.0 Å². The monoisotopic (exact) mass is 503 g/mol.